The van der Waals surface area contributed by atoms with E-state index in [1.807, 2.05) is 37.3 Å². The first kappa shape index (κ1) is 32.0. The van der Waals surface area contributed by atoms with Crippen molar-refractivity contribution in [3.63, 3.8) is 0 Å². The Bertz CT molecular complexity index is 1380. The van der Waals surface area contributed by atoms with E-state index >= 15 is 4.39 Å². The second-order valence-corrected chi connectivity index (χ2v) is 12.3. The third-order valence-electron chi connectivity index (χ3n) is 9.11. The van der Waals surface area contributed by atoms with Crippen LogP contribution >= 0.6 is 0 Å². The number of hydrogen-bond donors (Lipinski definition) is 2. The lowest BCUT2D eigenvalue weighted by Crippen LogP contribution is -2.45. The molecule has 0 aromatic heterocycles. The van der Waals surface area contributed by atoms with Gasteiger partial charge in [-0.1, -0.05) is 56.8 Å². The quantitative estimate of drug-likeness (QED) is 0.248. The predicted octanol–water partition coefficient (Wildman–Crippen LogP) is 8.53. The Balaban J connectivity index is 1.39. The molecule has 0 bridgehead atoms. The summed E-state index contributed by atoms with van der Waals surface area (Å²) in [5.41, 5.74) is 3.97. The Morgan fingerprint density at radius 2 is 1.86 bits per heavy atom. The number of benzene rings is 2. The fourth-order valence-corrected chi connectivity index (χ4v) is 6.68. The molecule has 2 fully saturated rings. The van der Waals surface area contributed by atoms with Crippen LogP contribution in [0.2, 0.25) is 0 Å². The molecular weight excluding hydrogens is 578 g/mol. The highest BCUT2D eigenvalue weighted by atomic mass is 19.4. The summed E-state index contributed by atoms with van der Waals surface area (Å²) in [7, 11) is 0. The molecule has 2 N–H and O–H groups in total. The van der Waals surface area contributed by atoms with Crippen molar-refractivity contribution in [2.24, 2.45) is 10.9 Å². The normalized spacial score (nSPS) is 21.4. The molecule has 0 radical (unpaired) electrons. The Morgan fingerprint density at radius 1 is 1.16 bits per heavy atom. The summed E-state index contributed by atoms with van der Waals surface area (Å²) in [4.78, 5) is 6.41. The zero-order valence-corrected chi connectivity index (χ0v) is 25.0. The van der Waals surface area contributed by atoms with Gasteiger partial charge < -0.3 is 15.5 Å². The van der Waals surface area contributed by atoms with E-state index in [1.54, 1.807) is 11.0 Å². The van der Waals surface area contributed by atoms with Crippen LogP contribution in [0.25, 0.3) is 0 Å². The molecular formula is C34H40F6N4. The van der Waals surface area contributed by atoms with Gasteiger partial charge in [0.15, 0.2) is 0 Å². The Morgan fingerprint density at radius 3 is 2.50 bits per heavy atom. The van der Waals surface area contributed by atoms with Gasteiger partial charge >= 0.3 is 6.18 Å². The van der Waals surface area contributed by atoms with Crippen LogP contribution in [0.3, 0.4) is 0 Å². The monoisotopic (exact) mass is 618 g/mol. The van der Waals surface area contributed by atoms with Crippen molar-refractivity contribution in [1.29, 1.82) is 0 Å². The number of alkyl halides is 5. The van der Waals surface area contributed by atoms with Gasteiger partial charge in [-0.2, -0.15) is 13.2 Å². The molecule has 1 aliphatic carbocycles. The van der Waals surface area contributed by atoms with Crippen LogP contribution in [0.4, 0.5) is 32.0 Å². The fourth-order valence-electron chi connectivity index (χ4n) is 6.68. The van der Waals surface area contributed by atoms with Crippen molar-refractivity contribution in [2.45, 2.75) is 94.9 Å². The van der Waals surface area contributed by atoms with Crippen molar-refractivity contribution < 1.29 is 26.3 Å². The first-order chi connectivity index (χ1) is 20.8. The van der Waals surface area contributed by atoms with Crippen LogP contribution in [0.15, 0.2) is 72.1 Å². The summed E-state index contributed by atoms with van der Waals surface area (Å²) in [6, 6.07) is 10.5. The summed E-state index contributed by atoms with van der Waals surface area (Å²) in [6.07, 6.45) is -1.44. The van der Waals surface area contributed by atoms with Crippen molar-refractivity contribution in [3.8, 4) is 0 Å². The number of halogens is 6. The Hall–Kier alpha value is -3.43. The lowest BCUT2D eigenvalue weighted by atomic mass is 9.79. The van der Waals surface area contributed by atoms with Crippen LogP contribution in [-0.4, -0.2) is 41.3 Å². The van der Waals surface area contributed by atoms with Gasteiger partial charge in [0.25, 0.3) is 0 Å². The molecule has 5 rings (SSSR count). The smallest absolute Gasteiger partial charge is 0.380 e. The van der Waals surface area contributed by atoms with E-state index < -0.39 is 30.0 Å². The second kappa shape index (κ2) is 12.9. The van der Waals surface area contributed by atoms with Gasteiger partial charge in [-0.3, -0.25) is 4.99 Å². The number of hydrogen-bond acceptors (Lipinski definition) is 4. The number of fused-ring (bicyclic) bond motifs is 1. The summed E-state index contributed by atoms with van der Waals surface area (Å²) >= 11 is 0. The summed E-state index contributed by atoms with van der Waals surface area (Å²) in [5.74, 6) is -3.13. The van der Waals surface area contributed by atoms with Crippen LogP contribution in [0.5, 0.6) is 0 Å². The van der Waals surface area contributed by atoms with Gasteiger partial charge in [0.1, 0.15) is 11.9 Å². The number of allylic oxidation sites excluding steroid dienone is 1. The van der Waals surface area contributed by atoms with Gasteiger partial charge in [-0.25, -0.2) is 13.2 Å². The van der Waals surface area contributed by atoms with Crippen LogP contribution in [-0.2, 0) is 12.8 Å². The molecule has 0 spiro atoms. The fraction of sp³-hybridized carbons (Fsp3) is 0.500. The third kappa shape index (κ3) is 7.26. The second-order valence-electron chi connectivity index (χ2n) is 12.3. The van der Waals surface area contributed by atoms with Gasteiger partial charge in [-0.15, -0.1) is 0 Å². The summed E-state index contributed by atoms with van der Waals surface area (Å²) in [5, 5.41) is 5.92. The molecule has 0 amide bonds. The minimum atomic E-state index is -4.44. The number of nitrogens with one attached hydrogen (secondary N) is 2. The van der Waals surface area contributed by atoms with Crippen molar-refractivity contribution in [1.82, 2.24) is 15.5 Å². The molecule has 2 heterocycles. The van der Waals surface area contributed by atoms with Crippen LogP contribution in [0, 0.1) is 11.7 Å². The standard InChI is InChI=1S/C34H40F6N4/c1-4-8-30(44-20-31(34(38,39)40)42-22(44)3)25-17-27(35)26-19-29(43-28(26)18-25)32(24-13-15-33(36,37)16-14-24)41-21(2)11-12-23-9-6-5-7-10-23/h5-7,9-10,17-18,24,30-32,41-42H,2-4,8,11-16,19-20H2,1H3. The molecule has 238 valence electrons. The summed E-state index contributed by atoms with van der Waals surface area (Å²) < 4.78 is 84.3. The summed E-state index contributed by atoms with van der Waals surface area (Å²) in [6.45, 7) is 9.63. The Kier molecular flexibility index (Phi) is 9.37. The van der Waals surface area contributed by atoms with E-state index in [0.29, 0.717) is 54.6 Å². The van der Waals surface area contributed by atoms with Gasteiger partial charge in [0.05, 0.1) is 23.6 Å². The topological polar surface area (TPSA) is 39.7 Å². The van der Waals surface area contributed by atoms with E-state index in [-0.39, 0.29) is 43.6 Å². The minimum absolute atomic E-state index is 0.121. The maximum atomic E-state index is 15.7. The van der Waals surface area contributed by atoms with Crippen molar-refractivity contribution in [3.05, 3.63) is 89.6 Å². The maximum Gasteiger partial charge on any atom is 0.410 e. The number of nitrogens with zero attached hydrogens (tertiary/aromatic N) is 2. The highest BCUT2D eigenvalue weighted by molar-refractivity contribution is 5.98. The number of rotatable bonds is 11. The first-order valence-electron chi connectivity index (χ1n) is 15.4. The Labute approximate surface area is 255 Å². The average Bonchev–Trinajstić information content (AvgIpc) is 3.58. The molecule has 3 atom stereocenters. The average molecular weight is 619 g/mol. The molecule has 1 saturated carbocycles. The van der Waals surface area contributed by atoms with Gasteiger partial charge in [0, 0.05) is 42.8 Å². The van der Waals surface area contributed by atoms with Crippen molar-refractivity contribution in [2.75, 3.05) is 6.54 Å². The van der Waals surface area contributed by atoms with E-state index in [9.17, 15) is 22.0 Å². The van der Waals surface area contributed by atoms with Gasteiger partial charge in [0.2, 0.25) is 5.92 Å². The molecule has 10 heteroatoms. The van der Waals surface area contributed by atoms with E-state index in [4.69, 9.17) is 4.99 Å². The van der Waals surface area contributed by atoms with Gasteiger partial charge in [-0.05, 0) is 61.3 Å². The number of aliphatic imine (C=N–C) groups is 1. The van der Waals surface area contributed by atoms with Crippen LogP contribution < -0.4 is 10.6 Å². The molecule has 1 saturated heterocycles. The zero-order chi connectivity index (χ0) is 31.6. The lowest BCUT2D eigenvalue weighted by Gasteiger charge is -2.35. The third-order valence-corrected chi connectivity index (χ3v) is 9.11. The first-order valence-corrected chi connectivity index (χ1v) is 15.4. The maximum absolute atomic E-state index is 15.7. The highest BCUT2D eigenvalue weighted by Gasteiger charge is 2.46. The molecule has 2 aliphatic heterocycles. The van der Waals surface area contributed by atoms with Crippen molar-refractivity contribution >= 4 is 11.4 Å². The van der Waals surface area contributed by atoms with Crippen LogP contribution in [0.1, 0.15) is 74.6 Å². The minimum Gasteiger partial charge on any atom is -0.380 e. The molecule has 4 nitrogen and oxygen atoms in total. The molecule has 3 aliphatic rings. The number of aryl methyl sites for hydroxylation is 1. The predicted molar refractivity (Wildman–Crippen MR) is 161 cm³/mol. The SMILES string of the molecule is C=C(CCc1ccccc1)NC(C1=Nc2cc(C(CCC)N3CC(C(F)(F)F)NC3=C)cc(F)c2C1)C1CCC(F)(F)CC1. The lowest BCUT2D eigenvalue weighted by molar-refractivity contribution is -0.150. The molecule has 3 unspecified atom stereocenters. The van der Waals surface area contributed by atoms with E-state index in [2.05, 4.69) is 23.8 Å². The highest BCUT2D eigenvalue weighted by Crippen LogP contribution is 2.42. The molecule has 2 aromatic carbocycles. The molecule has 2 aromatic rings. The van der Waals surface area contributed by atoms with E-state index in [0.717, 1.165) is 17.7 Å². The van der Waals surface area contributed by atoms with E-state index in [1.165, 1.54) is 6.07 Å². The zero-order valence-electron chi connectivity index (χ0n) is 25.0. The molecule has 44 heavy (non-hydrogen) atoms. The largest absolute Gasteiger partial charge is 0.410 e.